The minimum absolute atomic E-state index is 0.0149. The molecule has 0 N–H and O–H groups in total. The van der Waals surface area contributed by atoms with Crippen LogP contribution in [-0.4, -0.2) is 51.6 Å². The van der Waals surface area contributed by atoms with Crippen molar-refractivity contribution in [1.29, 1.82) is 0 Å². The quantitative estimate of drug-likeness (QED) is 0.297. The first-order valence-corrected chi connectivity index (χ1v) is 11.9. The maximum absolute atomic E-state index is 13.5. The van der Waals surface area contributed by atoms with Crippen LogP contribution in [0.25, 0.3) is 10.7 Å². The monoisotopic (exact) mass is 557 g/mol. The Balaban J connectivity index is 1.53. The Hall–Kier alpha value is -3.79. The highest BCUT2D eigenvalue weighted by Gasteiger charge is 2.39. The van der Waals surface area contributed by atoms with Crippen LogP contribution in [0, 0.1) is 0 Å². The number of pyridine rings is 1. The highest BCUT2D eigenvalue weighted by atomic mass is 32.1. The summed E-state index contributed by atoms with van der Waals surface area (Å²) < 4.78 is 88.8. The van der Waals surface area contributed by atoms with Crippen LogP contribution in [-0.2, 0) is 23.6 Å². The summed E-state index contributed by atoms with van der Waals surface area (Å²) in [5.41, 5.74) is -0.338. The maximum atomic E-state index is 13.5. The van der Waals surface area contributed by atoms with Gasteiger partial charge in [0.15, 0.2) is 11.6 Å². The van der Waals surface area contributed by atoms with E-state index in [1.807, 2.05) is 4.90 Å². The summed E-state index contributed by atoms with van der Waals surface area (Å²) in [4.78, 5) is 12.2. The van der Waals surface area contributed by atoms with Gasteiger partial charge in [0.25, 0.3) is 0 Å². The molecule has 1 aliphatic heterocycles. The van der Waals surface area contributed by atoms with E-state index in [4.69, 9.17) is 4.74 Å². The Labute approximate surface area is 214 Å². The number of hydrogen-bond donors (Lipinski definition) is 0. The predicted molar refractivity (Wildman–Crippen MR) is 123 cm³/mol. The molecular weight excluding hydrogens is 540 g/mol. The van der Waals surface area contributed by atoms with Gasteiger partial charge < -0.3 is 19.1 Å². The van der Waals surface area contributed by atoms with E-state index >= 15 is 0 Å². The van der Waals surface area contributed by atoms with Gasteiger partial charge in [0.2, 0.25) is 5.82 Å². The zero-order valence-corrected chi connectivity index (χ0v) is 20.0. The van der Waals surface area contributed by atoms with Gasteiger partial charge >= 0.3 is 18.2 Å². The van der Waals surface area contributed by atoms with E-state index in [0.29, 0.717) is 48.9 Å². The fraction of sp³-hybridized carbons (Fsp3) is 0.318. The van der Waals surface area contributed by atoms with E-state index in [2.05, 4.69) is 29.8 Å². The zero-order chi connectivity index (χ0) is 26.9. The number of aromatic nitrogens is 5. The lowest BCUT2D eigenvalue weighted by Crippen LogP contribution is -2.37. The normalized spacial score (nSPS) is 14.6. The first kappa shape index (κ1) is 25.8. The number of rotatable bonds is 6. The van der Waals surface area contributed by atoms with Crippen LogP contribution >= 0.6 is 11.3 Å². The average molecular weight is 557 g/mol. The molecular formula is C22H17F6N7O2S. The second kappa shape index (κ2) is 10.2. The van der Waals surface area contributed by atoms with Crippen molar-refractivity contribution in [2.45, 2.75) is 18.9 Å². The standard InChI is InChI=1S/C22H17F6N7O2S/c23-21(24,25)13-10-17(32-30-11-13)35(19-15(2-1-5-29-19)34-6-8-36-9-7-34)12-14-3-4-16(38-14)18-31-20(37-33-18)22(26,27)28/h1-5,10-11H,6-9,12H2. The van der Waals surface area contributed by atoms with E-state index in [-0.39, 0.29) is 23.1 Å². The van der Waals surface area contributed by atoms with E-state index < -0.39 is 23.8 Å². The summed E-state index contributed by atoms with van der Waals surface area (Å²) >= 11 is 1.05. The minimum atomic E-state index is -4.79. The van der Waals surface area contributed by atoms with Crippen molar-refractivity contribution in [2.24, 2.45) is 0 Å². The SMILES string of the molecule is FC(F)(F)c1cnnc(N(Cc2ccc(-c3noc(C(F)(F)F)n3)s2)c2ncccc2N2CCOCC2)c1. The second-order valence-corrected chi connectivity index (χ2v) is 9.19. The molecule has 1 saturated heterocycles. The number of nitrogens with zero attached hydrogens (tertiary/aromatic N) is 7. The van der Waals surface area contributed by atoms with Gasteiger partial charge in [0, 0.05) is 24.2 Å². The molecule has 0 aliphatic carbocycles. The van der Waals surface area contributed by atoms with Crippen molar-refractivity contribution in [3.05, 3.63) is 59.1 Å². The van der Waals surface area contributed by atoms with Crippen LogP contribution < -0.4 is 9.80 Å². The van der Waals surface area contributed by atoms with Crippen molar-refractivity contribution in [1.82, 2.24) is 25.3 Å². The van der Waals surface area contributed by atoms with Gasteiger partial charge in [-0.1, -0.05) is 5.16 Å². The Morgan fingerprint density at radius 1 is 1.03 bits per heavy atom. The number of anilines is 3. The Bertz CT molecular complexity index is 1400. The Morgan fingerprint density at radius 3 is 2.53 bits per heavy atom. The summed E-state index contributed by atoms with van der Waals surface area (Å²) in [6.07, 6.45) is -7.32. The summed E-state index contributed by atoms with van der Waals surface area (Å²) in [5.74, 6) is -1.52. The highest BCUT2D eigenvalue weighted by Crippen LogP contribution is 2.38. The molecule has 0 atom stereocenters. The van der Waals surface area contributed by atoms with Crippen molar-refractivity contribution >= 4 is 28.7 Å². The molecule has 5 heterocycles. The van der Waals surface area contributed by atoms with Crippen LogP contribution in [0.4, 0.5) is 43.7 Å². The van der Waals surface area contributed by atoms with Crippen LogP contribution in [0.5, 0.6) is 0 Å². The third kappa shape index (κ3) is 5.55. The van der Waals surface area contributed by atoms with E-state index in [0.717, 1.165) is 17.4 Å². The van der Waals surface area contributed by atoms with Crippen LogP contribution in [0.15, 0.2) is 47.2 Å². The van der Waals surface area contributed by atoms with Gasteiger partial charge in [-0.05, 0) is 30.3 Å². The number of morpholine rings is 1. The van der Waals surface area contributed by atoms with Crippen molar-refractivity contribution in [3.63, 3.8) is 0 Å². The number of halogens is 6. The van der Waals surface area contributed by atoms with Gasteiger partial charge in [-0.2, -0.15) is 36.4 Å². The van der Waals surface area contributed by atoms with Gasteiger partial charge in [-0.25, -0.2) is 4.98 Å². The number of thiophene rings is 1. The lowest BCUT2D eigenvalue weighted by molar-refractivity contribution is -0.159. The predicted octanol–water partition coefficient (Wildman–Crippen LogP) is 5.20. The second-order valence-electron chi connectivity index (χ2n) is 8.02. The smallest absolute Gasteiger partial charge is 0.378 e. The van der Waals surface area contributed by atoms with E-state index in [1.54, 1.807) is 18.2 Å². The molecule has 0 aromatic carbocycles. The lowest BCUT2D eigenvalue weighted by Gasteiger charge is -2.33. The molecule has 5 rings (SSSR count). The van der Waals surface area contributed by atoms with Crippen LogP contribution in [0.3, 0.4) is 0 Å². The maximum Gasteiger partial charge on any atom is 0.471 e. The minimum Gasteiger partial charge on any atom is -0.378 e. The number of alkyl halides is 6. The zero-order valence-electron chi connectivity index (χ0n) is 19.2. The molecule has 0 bridgehead atoms. The molecule has 0 unspecified atom stereocenters. The molecule has 0 amide bonds. The molecule has 4 aromatic heterocycles. The van der Waals surface area contributed by atoms with E-state index in [9.17, 15) is 26.3 Å². The fourth-order valence-corrected chi connectivity index (χ4v) is 4.65. The summed E-state index contributed by atoms with van der Waals surface area (Å²) in [7, 11) is 0. The molecule has 16 heteroatoms. The fourth-order valence-electron chi connectivity index (χ4n) is 3.73. The highest BCUT2D eigenvalue weighted by molar-refractivity contribution is 7.15. The van der Waals surface area contributed by atoms with Gasteiger partial charge in [0.1, 0.15) is 0 Å². The van der Waals surface area contributed by atoms with E-state index in [1.165, 1.54) is 17.2 Å². The summed E-state index contributed by atoms with van der Waals surface area (Å²) in [5, 5.41) is 10.9. The molecule has 1 fully saturated rings. The Kier molecular flexibility index (Phi) is 6.92. The topological polar surface area (TPSA) is 93.3 Å². The molecule has 0 spiro atoms. The van der Waals surface area contributed by atoms with Crippen LogP contribution in [0.2, 0.25) is 0 Å². The molecule has 200 valence electrons. The average Bonchev–Trinajstić information content (AvgIpc) is 3.57. The largest absolute Gasteiger partial charge is 0.471 e. The summed E-state index contributed by atoms with van der Waals surface area (Å²) in [6, 6.07) is 7.48. The molecule has 9 nitrogen and oxygen atoms in total. The lowest BCUT2D eigenvalue weighted by atomic mass is 10.2. The summed E-state index contributed by atoms with van der Waals surface area (Å²) in [6.45, 7) is 2.01. The van der Waals surface area contributed by atoms with Gasteiger partial charge in [-0.3, -0.25) is 0 Å². The van der Waals surface area contributed by atoms with Crippen LogP contribution in [0.1, 0.15) is 16.3 Å². The Morgan fingerprint density at radius 2 is 1.82 bits per heavy atom. The van der Waals surface area contributed by atoms with Gasteiger partial charge in [-0.15, -0.1) is 16.4 Å². The first-order valence-electron chi connectivity index (χ1n) is 11.0. The molecule has 4 aromatic rings. The van der Waals surface area contributed by atoms with Crippen molar-refractivity contribution in [2.75, 3.05) is 36.1 Å². The van der Waals surface area contributed by atoms with Crippen molar-refractivity contribution in [3.8, 4) is 10.7 Å². The molecule has 0 radical (unpaired) electrons. The molecule has 1 aliphatic rings. The first-order chi connectivity index (χ1) is 18.1. The number of ether oxygens (including phenoxy) is 1. The molecule has 0 saturated carbocycles. The van der Waals surface area contributed by atoms with Crippen molar-refractivity contribution < 1.29 is 35.6 Å². The third-order valence-corrected chi connectivity index (χ3v) is 6.55. The third-order valence-electron chi connectivity index (χ3n) is 5.48. The van der Waals surface area contributed by atoms with Gasteiger partial charge in [0.05, 0.1) is 42.1 Å². The molecule has 38 heavy (non-hydrogen) atoms. The number of hydrogen-bond acceptors (Lipinski definition) is 10.